The summed E-state index contributed by atoms with van der Waals surface area (Å²) in [5, 5.41) is 0. The zero-order valence-corrected chi connectivity index (χ0v) is 21.9. The molecule has 0 fully saturated rings. The average Bonchev–Trinajstić information content (AvgIpc) is 2.78. The van der Waals surface area contributed by atoms with Crippen LogP contribution in [0.25, 0.3) is 33.9 Å². The molecule has 0 spiro atoms. The van der Waals surface area contributed by atoms with Gasteiger partial charge in [0.25, 0.3) is 0 Å². The standard InChI is InChI=1S/C30H31BrN2/c1-29(2,3)23-13-7-20(8-14-23)26-19-27(21-11-17-25(31)18-12-21)33-28(32-26)22-9-15-24(16-10-22)30(4,5)6/h7-19H,1-6H3. The summed E-state index contributed by atoms with van der Waals surface area (Å²) in [6.07, 6.45) is 0. The summed E-state index contributed by atoms with van der Waals surface area (Å²) in [6, 6.07) is 27.7. The molecule has 0 aliphatic heterocycles. The van der Waals surface area contributed by atoms with Crippen LogP contribution in [0.3, 0.4) is 0 Å². The van der Waals surface area contributed by atoms with Crippen molar-refractivity contribution in [2.45, 2.75) is 52.4 Å². The molecule has 1 aromatic heterocycles. The van der Waals surface area contributed by atoms with Gasteiger partial charge in [-0.1, -0.05) is 118 Å². The molecule has 4 aromatic rings. The molecule has 0 amide bonds. The Morgan fingerprint density at radius 3 is 1.27 bits per heavy atom. The van der Waals surface area contributed by atoms with Gasteiger partial charge in [0.15, 0.2) is 5.82 Å². The van der Waals surface area contributed by atoms with Crippen LogP contribution < -0.4 is 0 Å². The number of benzene rings is 3. The first kappa shape index (κ1) is 23.4. The van der Waals surface area contributed by atoms with Crippen LogP contribution in [0.4, 0.5) is 0 Å². The van der Waals surface area contributed by atoms with E-state index in [1.54, 1.807) is 0 Å². The molecule has 2 nitrogen and oxygen atoms in total. The minimum Gasteiger partial charge on any atom is -0.228 e. The maximum absolute atomic E-state index is 4.98. The van der Waals surface area contributed by atoms with Crippen molar-refractivity contribution in [2.75, 3.05) is 0 Å². The molecule has 0 bridgehead atoms. The predicted molar refractivity (Wildman–Crippen MR) is 143 cm³/mol. The Balaban J connectivity index is 1.83. The summed E-state index contributed by atoms with van der Waals surface area (Å²) < 4.78 is 1.05. The van der Waals surface area contributed by atoms with E-state index in [2.05, 4.69) is 124 Å². The fourth-order valence-corrected chi connectivity index (χ4v) is 4.02. The molecule has 3 aromatic carbocycles. The summed E-state index contributed by atoms with van der Waals surface area (Å²) in [7, 11) is 0. The summed E-state index contributed by atoms with van der Waals surface area (Å²) in [6.45, 7) is 13.4. The highest BCUT2D eigenvalue weighted by molar-refractivity contribution is 9.10. The van der Waals surface area contributed by atoms with Crippen molar-refractivity contribution < 1.29 is 0 Å². The molecule has 0 radical (unpaired) electrons. The van der Waals surface area contributed by atoms with Gasteiger partial charge in [0.1, 0.15) is 0 Å². The average molecular weight is 499 g/mol. The van der Waals surface area contributed by atoms with E-state index in [4.69, 9.17) is 9.97 Å². The Bertz CT molecular complexity index is 1170. The fraction of sp³-hybridized carbons (Fsp3) is 0.267. The summed E-state index contributed by atoms with van der Waals surface area (Å²) >= 11 is 3.53. The molecule has 4 rings (SSSR count). The van der Waals surface area contributed by atoms with E-state index in [0.29, 0.717) is 0 Å². The van der Waals surface area contributed by atoms with Crippen LogP contribution in [-0.2, 0) is 10.8 Å². The molecule has 1 heterocycles. The second-order valence-corrected chi connectivity index (χ2v) is 11.5. The third-order valence-electron chi connectivity index (χ3n) is 5.92. The summed E-state index contributed by atoms with van der Waals surface area (Å²) in [4.78, 5) is 9.93. The van der Waals surface area contributed by atoms with Crippen LogP contribution in [0.2, 0.25) is 0 Å². The number of rotatable bonds is 3. The van der Waals surface area contributed by atoms with Crippen molar-refractivity contribution in [2.24, 2.45) is 0 Å². The van der Waals surface area contributed by atoms with Crippen LogP contribution in [0, 0.1) is 0 Å². The number of nitrogens with zero attached hydrogens (tertiary/aromatic N) is 2. The third-order valence-corrected chi connectivity index (χ3v) is 6.45. The van der Waals surface area contributed by atoms with Crippen molar-refractivity contribution in [3.05, 3.63) is 94.5 Å². The van der Waals surface area contributed by atoms with E-state index in [0.717, 1.165) is 38.4 Å². The molecule has 0 unspecified atom stereocenters. The van der Waals surface area contributed by atoms with E-state index in [1.807, 2.05) is 12.1 Å². The number of hydrogen-bond donors (Lipinski definition) is 0. The van der Waals surface area contributed by atoms with Crippen LogP contribution in [0.15, 0.2) is 83.3 Å². The van der Waals surface area contributed by atoms with Crippen molar-refractivity contribution in [1.82, 2.24) is 9.97 Å². The SMILES string of the molecule is CC(C)(C)c1ccc(-c2cc(-c3ccc(Br)cc3)nc(-c3ccc(C(C)(C)C)cc3)n2)cc1. The van der Waals surface area contributed by atoms with Crippen LogP contribution in [0.5, 0.6) is 0 Å². The lowest BCUT2D eigenvalue weighted by Gasteiger charge is -2.19. The topological polar surface area (TPSA) is 25.8 Å². The number of aromatic nitrogens is 2. The minimum atomic E-state index is 0.110. The molecule has 0 atom stereocenters. The second kappa shape index (κ2) is 8.87. The quantitative estimate of drug-likeness (QED) is 0.281. The molecule has 0 aliphatic rings. The van der Waals surface area contributed by atoms with Crippen LogP contribution in [0.1, 0.15) is 52.7 Å². The van der Waals surface area contributed by atoms with Crippen LogP contribution in [-0.4, -0.2) is 9.97 Å². The van der Waals surface area contributed by atoms with E-state index in [-0.39, 0.29) is 10.8 Å². The van der Waals surface area contributed by atoms with Gasteiger partial charge < -0.3 is 0 Å². The van der Waals surface area contributed by atoms with Gasteiger partial charge in [-0.2, -0.15) is 0 Å². The zero-order valence-electron chi connectivity index (χ0n) is 20.3. The van der Waals surface area contributed by atoms with Gasteiger partial charge in [-0.15, -0.1) is 0 Å². The second-order valence-electron chi connectivity index (χ2n) is 10.6. The van der Waals surface area contributed by atoms with E-state index in [1.165, 1.54) is 11.1 Å². The Labute approximate surface area is 206 Å². The molecule has 33 heavy (non-hydrogen) atoms. The van der Waals surface area contributed by atoms with Gasteiger partial charge in [0.05, 0.1) is 11.4 Å². The monoisotopic (exact) mass is 498 g/mol. The van der Waals surface area contributed by atoms with Gasteiger partial charge in [0.2, 0.25) is 0 Å². The molecule has 168 valence electrons. The Hall–Kier alpha value is -2.78. The smallest absolute Gasteiger partial charge is 0.160 e. The van der Waals surface area contributed by atoms with Crippen molar-refractivity contribution >= 4 is 15.9 Å². The third kappa shape index (κ3) is 5.42. The molecule has 0 saturated carbocycles. The van der Waals surface area contributed by atoms with E-state index in [9.17, 15) is 0 Å². The molecular weight excluding hydrogens is 468 g/mol. The van der Waals surface area contributed by atoms with Crippen molar-refractivity contribution in [1.29, 1.82) is 0 Å². The summed E-state index contributed by atoms with van der Waals surface area (Å²) in [5.41, 5.74) is 7.87. The normalized spacial score (nSPS) is 12.1. The van der Waals surface area contributed by atoms with Crippen molar-refractivity contribution in [3.63, 3.8) is 0 Å². The molecule has 0 saturated heterocycles. The van der Waals surface area contributed by atoms with Gasteiger partial charge in [-0.25, -0.2) is 9.97 Å². The highest BCUT2D eigenvalue weighted by Crippen LogP contribution is 2.31. The fourth-order valence-electron chi connectivity index (χ4n) is 3.75. The Kier molecular flexibility index (Phi) is 6.28. The highest BCUT2D eigenvalue weighted by Gasteiger charge is 2.16. The molecule has 0 aliphatic carbocycles. The lowest BCUT2D eigenvalue weighted by molar-refractivity contribution is 0.590. The lowest BCUT2D eigenvalue weighted by Crippen LogP contribution is -2.10. The van der Waals surface area contributed by atoms with Gasteiger partial charge in [-0.3, -0.25) is 0 Å². The Morgan fingerprint density at radius 2 is 0.879 bits per heavy atom. The van der Waals surface area contributed by atoms with E-state index < -0.39 is 0 Å². The maximum Gasteiger partial charge on any atom is 0.160 e. The number of halogens is 1. The van der Waals surface area contributed by atoms with Crippen molar-refractivity contribution in [3.8, 4) is 33.9 Å². The van der Waals surface area contributed by atoms with Gasteiger partial charge in [-0.05, 0) is 40.2 Å². The summed E-state index contributed by atoms with van der Waals surface area (Å²) in [5.74, 6) is 0.741. The zero-order chi connectivity index (χ0) is 23.8. The van der Waals surface area contributed by atoms with Gasteiger partial charge >= 0.3 is 0 Å². The highest BCUT2D eigenvalue weighted by atomic mass is 79.9. The van der Waals surface area contributed by atoms with Crippen LogP contribution >= 0.6 is 15.9 Å². The minimum absolute atomic E-state index is 0.110. The predicted octanol–water partition coefficient (Wildman–Crippen LogP) is 8.84. The lowest BCUT2D eigenvalue weighted by atomic mass is 9.86. The molecule has 0 N–H and O–H groups in total. The maximum atomic E-state index is 4.98. The molecule has 3 heteroatoms. The Morgan fingerprint density at radius 1 is 0.515 bits per heavy atom. The van der Waals surface area contributed by atoms with E-state index >= 15 is 0 Å². The largest absolute Gasteiger partial charge is 0.228 e. The first-order valence-electron chi connectivity index (χ1n) is 11.4. The first-order chi connectivity index (χ1) is 15.5. The molecular formula is C30H31BrN2. The first-order valence-corrected chi connectivity index (χ1v) is 12.2. The van der Waals surface area contributed by atoms with Gasteiger partial charge in [0, 0.05) is 21.2 Å². The number of hydrogen-bond acceptors (Lipinski definition) is 2.